The molecule has 2 nitrogen and oxygen atoms in total. The lowest BCUT2D eigenvalue weighted by Crippen LogP contribution is -2.25. The van der Waals surface area contributed by atoms with Crippen molar-refractivity contribution in [3.05, 3.63) is 42.0 Å². The van der Waals surface area contributed by atoms with Crippen LogP contribution in [0.15, 0.2) is 36.4 Å². The molecule has 1 aliphatic carbocycles. The lowest BCUT2D eigenvalue weighted by Gasteiger charge is -2.19. The Labute approximate surface area is 108 Å². The molecule has 2 heteroatoms. The summed E-state index contributed by atoms with van der Waals surface area (Å²) in [6.07, 6.45) is 1.04. The topological polar surface area (TPSA) is 35.2 Å². The van der Waals surface area contributed by atoms with Gasteiger partial charge in [0.1, 0.15) is 5.75 Å². The molecule has 0 aliphatic heterocycles. The van der Waals surface area contributed by atoms with Gasteiger partial charge in [0.05, 0.1) is 7.11 Å². The molecule has 0 radical (unpaired) electrons. The Morgan fingerprint density at radius 2 is 1.67 bits per heavy atom. The standard InChI is InChI=1S/C16H19NO/c1-15(2)10-16(15,17)13-8-9-14(18-3)12-7-5-4-6-11(12)13/h4-9H,10,17H2,1-3H3. The molecule has 2 N–H and O–H groups in total. The van der Waals surface area contributed by atoms with E-state index in [9.17, 15) is 0 Å². The first-order chi connectivity index (χ1) is 8.49. The fraction of sp³-hybridized carbons (Fsp3) is 0.375. The zero-order valence-electron chi connectivity index (χ0n) is 11.2. The fourth-order valence-corrected chi connectivity index (χ4v) is 2.95. The van der Waals surface area contributed by atoms with E-state index in [1.54, 1.807) is 7.11 Å². The van der Waals surface area contributed by atoms with Crippen LogP contribution in [0.4, 0.5) is 0 Å². The Morgan fingerprint density at radius 1 is 1.06 bits per heavy atom. The van der Waals surface area contributed by atoms with Crippen molar-refractivity contribution >= 4 is 10.8 Å². The van der Waals surface area contributed by atoms with E-state index in [1.165, 1.54) is 10.9 Å². The molecule has 18 heavy (non-hydrogen) atoms. The van der Waals surface area contributed by atoms with E-state index in [0.717, 1.165) is 17.6 Å². The summed E-state index contributed by atoms with van der Waals surface area (Å²) in [6.45, 7) is 4.46. The van der Waals surface area contributed by atoms with E-state index in [-0.39, 0.29) is 11.0 Å². The van der Waals surface area contributed by atoms with Gasteiger partial charge < -0.3 is 10.5 Å². The van der Waals surface area contributed by atoms with Crippen molar-refractivity contribution in [2.75, 3.05) is 7.11 Å². The third kappa shape index (κ3) is 1.39. The van der Waals surface area contributed by atoms with Crippen molar-refractivity contribution in [1.82, 2.24) is 0 Å². The SMILES string of the molecule is COc1ccc(C2(N)CC2(C)C)c2ccccc12. The van der Waals surface area contributed by atoms with Crippen LogP contribution in [-0.2, 0) is 5.54 Å². The molecule has 0 heterocycles. The fourth-order valence-electron chi connectivity index (χ4n) is 2.95. The van der Waals surface area contributed by atoms with Gasteiger partial charge in [-0.1, -0.05) is 44.2 Å². The highest BCUT2D eigenvalue weighted by Crippen LogP contribution is 2.61. The lowest BCUT2D eigenvalue weighted by atomic mass is 9.92. The van der Waals surface area contributed by atoms with E-state index in [4.69, 9.17) is 10.5 Å². The van der Waals surface area contributed by atoms with Gasteiger partial charge in [0, 0.05) is 10.9 Å². The third-order valence-electron chi connectivity index (χ3n) is 4.39. The molecular formula is C16H19NO. The van der Waals surface area contributed by atoms with Crippen molar-refractivity contribution < 1.29 is 4.74 Å². The second-order valence-corrected chi connectivity index (χ2v) is 5.89. The monoisotopic (exact) mass is 241 g/mol. The number of ether oxygens (including phenoxy) is 1. The molecule has 2 aromatic rings. The van der Waals surface area contributed by atoms with Crippen molar-refractivity contribution in [3.8, 4) is 5.75 Å². The summed E-state index contributed by atoms with van der Waals surface area (Å²) in [4.78, 5) is 0. The molecule has 0 aromatic heterocycles. The maximum Gasteiger partial charge on any atom is 0.126 e. The molecule has 2 aromatic carbocycles. The molecule has 0 bridgehead atoms. The van der Waals surface area contributed by atoms with Crippen LogP contribution in [0.3, 0.4) is 0 Å². The number of fused-ring (bicyclic) bond motifs is 1. The molecule has 1 atom stereocenters. The number of benzene rings is 2. The summed E-state index contributed by atoms with van der Waals surface area (Å²) in [6, 6.07) is 12.5. The van der Waals surface area contributed by atoms with Gasteiger partial charge in [-0.3, -0.25) is 0 Å². The van der Waals surface area contributed by atoms with Gasteiger partial charge in [0.2, 0.25) is 0 Å². The van der Waals surface area contributed by atoms with Crippen molar-refractivity contribution in [2.24, 2.45) is 11.1 Å². The van der Waals surface area contributed by atoms with Crippen LogP contribution in [0.25, 0.3) is 10.8 Å². The zero-order valence-corrected chi connectivity index (χ0v) is 11.2. The number of nitrogens with two attached hydrogens (primary N) is 1. The van der Waals surface area contributed by atoms with Gasteiger partial charge >= 0.3 is 0 Å². The van der Waals surface area contributed by atoms with E-state index in [0.29, 0.717) is 0 Å². The summed E-state index contributed by atoms with van der Waals surface area (Å²) >= 11 is 0. The molecule has 1 fully saturated rings. The molecular weight excluding hydrogens is 222 g/mol. The summed E-state index contributed by atoms with van der Waals surface area (Å²) in [5.74, 6) is 0.913. The van der Waals surface area contributed by atoms with Gasteiger partial charge in [0.15, 0.2) is 0 Å². The van der Waals surface area contributed by atoms with E-state index >= 15 is 0 Å². The van der Waals surface area contributed by atoms with Crippen molar-refractivity contribution in [3.63, 3.8) is 0 Å². The average Bonchev–Trinajstić information content (AvgIpc) is 2.88. The minimum atomic E-state index is -0.196. The summed E-state index contributed by atoms with van der Waals surface area (Å²) in [7, 11) is 1.71. The van der Waals surface area contributed by atoms with Crippen LogP contribution in [0.2, 0.25) is 0 Å². The maximum absolute atomic E-state index is 6.56. The first-order valence-electron chi connectivity index (χ1n) is 6.35. The number of rotatable bonds is 2. The minimum absolute atomic E-state index is 0.185. The highest BCUT2D eigenvalue weighted by molar-refractivity contribution is 5.92. The lowest BCUT2D eigenvalue weighted by molar-refractivity contribution is 0.419. The molecule has 1 aliphatic rings. The third-order valence-corrected chi connectivity index (χ3v) is 4.39. The van der Waals surface area contributed by atoms with Crippen LogP contribution < -0.4 is 10.5 Å². The Balaban J connectivity index is 2.27. The largest absolute Gasteiger partial charge is 0.496 e. The Morgan fingerprint density at radius 3 is 2.22 bits per heavy atom. The van der Waals surface area contributed by atoms with Crippen molar-refractivity contribution in [1.29, 1.82) is 0 Å². The molecule has 0 amide bonds. The molecule has 3 rings (SSSR count). The van der Waals surface area contributed by atoms with E-state index in [2.05, 4.69) is 38.1 Å². The highest BCUT2D eigenvalue weighted by Gasteiger charge is 2.59. The zero-order chi connectivity index (χ0) is 13.0. The molecule has 0 spiro atoms. The smallest absolute Gasteiger partial charge is 0.126 e. The number of hydrogen-bond donors (Lipinski definition) is 1. The van der Waals surface area contributed by atoms with Gasteiger partial charge in [0.25, 0.3) is 0 Å². The van der Waals surface area contributed by atoms with Crippen LogP contribution >= 0.6 is 0 Å². The predicted molar refractivity (Wildman–Crippen MR) is 74.8 cm³/mol. The summed E-state index contributed by atoms with van der Waals surface area (Å²) in [5.41, 5.74) is 7.79. The van der Waals surface area contributed by atoms with Gasteiger partial charge in [-0.25, -0.2) is 0 Å². The Bertz CT molecular complexity index is 618. The van der Waals surface area contributed by atoms with E-state index in [1.807, 2.05) is 12.1 Å². The predicted octanol–water partition coefficient (Wildman–Crippen LogP) is 3.43. The minimum Gasteiger partial charge on any atom is -0.496 e. The van der Waals surface area contributed by atoms with E-state index < -0.39 is 0 Å². The maximum atomic E-state index is 6.56. The summed E-state index contributed by atoms with van der Waals surface area (Å²) in [5, 5.41) is 2.36. The highest BCUT2D eigenvalue weighted by atomic mass is 16.5. The van der Waals surface area contributed by atoms with Gasteiger partial charge in [-0.15, -0.1) is 0 Å². The van der Waals surface area contributed by atoms with Gasteiger partial charge in [-0.05, 0) is 28.9 Å². The Kier molecular flexibility index (Phi) is 2.23. The molecule has 94 valence electrons. The average molecular weight is 241 g/mol. The molecule has 1 unspecified atom stereocenters. The second-order valence-electron chi connectivity index (χ2n) is 5.89. The normalized spacial score (nSPS) is 25.1. The first-order valence-corrected chi connectivity index (χ1v) is 6.35. The molecule has 1 saturated carbocycles. The number of hydrogen-bond acceptors (Lipinski definition) is 2. The van der Waals surface area contributed by atoms with Crippen LogP contribution in [0.5, 0.6) is 5.75 Å². The Hall–Kier alpha value is -1.54. The quantitative estimate of drug-likeness (QED) is 0.874. The van der Waals surface area contributed by atoms with Gasteiger partial charge in [-0.2, -0.15) is 0 Å². The van der Waals surface area contributed by atoms with Crippen LogP contribution in [-0.4, -0.2) is 7.11 Å². The summed E-state index contributed by atoms with van der Waals surface area (Å²) < 4.78 is 5.43. The van der Waals surface area contributed by atoms with Crippen molar-refractivity contribution in [2.45, 2.75) is 25.8 Å². The first kappa shape index (κ1) is 11.5. The number of methoxy groups -OCH3 is 1. The van der Waals surface area contributed by atoms with Crippen LogP contribution in [0.1, 0.15) is 25.8 Å². The second kappa shape index (κ2) is 3.48. The van der Waals surface area contributed by atoms with Crippen LogP contribution in [0, 0.1) is 5.41 Å². The molecule has 0 saturated heterocycles.